The molecule has 1 N–H and O–H groups in total. The molecule has 0 radical (unpaired) electrons. The van der Waals surface area contributed by atoms with Gasteiger partial charge in [0, 0.05) is 19.6 Å². The first-order valence-electron chi connectivity index (χ1n) is 6.73. The number of amides is 1. The van der Waals surface area contributed by atoms with Crippen molar-refractivity contribution in [2.75, 3.05) is 26.2 Å². The van der Waals surface area contributed by atoms with E-state index in [9.17, 15) is 4.79 Å². The molecule has 0 bridgehead atoms. The lowest BCUT2D eigenvalue weighted by Crippen LogP contribution is -2.46. The van der Waals surface area contributed by atoms with Gasteiger partial charge in [0.15, 0.2) is 6.10 Å². The maximum atomic E-state index is 11.9. The van der Waals surface area contributed by atoms with E-state index in [-0.39, 0.29) is 5.91 Å². The number of carbonyl (C=O) groups excluding carboxylic acids is 1. The van der Waals surface area contributed by atoms with Gasteiger partial charge in [-0.05, 0) is 12.5 Å². The van der Waals surface area contributed by atoms with Crippen LogP contribution in [0.4, 0.5) is 0 Å². The second-order valence-corrected chi connectivity index (χ2v) is 4.99. The van der Waals surface area contributed by atoms with Crippen LogP contribution in [-0.4, -0.2) is 43.2 Å². The first-order chi connectivity index (χ1) is 9.67. The Morgan fingerprint density at radius 3 is 3.20 bits per heavy atom. The highest BCUT2D eigenvalue weighted by atomic mass is 16.5. The van der Waals surface area contributed by atoms with Gasteiger partial charge >= 0.3 is 0 Å². The molecular weight excluding hydrogens is 254 g/mol. The summed E-state index contributed by atoms with van der Waals surface area (Å²) in [5.74, 6) is -0.0231. The number of nitrogens with one attached hydrogen (secondary N) is 1. The van der Waals surface area contributed by atoms with Gasteiger partial charge in [-0.25, -0.2) is 0 Å². The van der Waals surface area contributed by atoms with Gasteiger partial charge in [0.1, 0.15) is 0 Å². The summed E-state index contributed by atoms with van der Waals surface area (Å²) in [6.45, 7) is 4.56. The molecule has 1 amide bonds. The molecule has 0 unspecified atom stereocenters. The number of nitrogens with zero attached hydrogens (tertiary/aromatic N) is 2. The van der Waals surface area contributed by atoms with Crippen molar-refractivity contribution in [3.05, 3.63) is 35.4 Å². The zero-order valence-electron chi connectivity index (χ0n) is 11.6. The molecule has 1 atom stereocenters. The molecule has 0 spiro atoms. The van der Waals surface area contributed by atoms with Crippen LogP contribution in [-0.2, 0) is 16.1 Å². The number of hydrogen-bond donors (Lipinski definition) is 1. The largest absolute Gasteiger partial charge is 0.361 e. The molecule has 20 heavy (non-hydrogen) atoms. The van der Waals surface area contributed by atoms with Gasteiger partial charge in [-0.1, -0.05) is 29.8 Å². The van der Waals surface area contributed by atoms with E-state index in [2.05, 4.69) is 17.5 Å². The summed E-state index contributed by atoms with van der Waals surface area (Å²) >= 11 is 0. The van der Waals surface area contributed by atoms with E-state index in [1.54, 1.807) is 0 Å². The van der Waals surface area contributed by atoms with E-state index in [0.717, 1.165) is 5.56 Å². The molecule has 1 aliphatic heterocycles. The summed E-state index contributed by atoms with van der Waals surface area (Å²) in [6.07, 6.45) is -0.423. The number of carbonyl (C=O) groups is 1. The fourth-order valence-electron chi connectivity index (χ4n) is 2.21. The Hall–Kier alpha value is -1.90. The molecule has 1 aromatic rings. The molecule has 1 saturated heterocycles. The van der Waals surface area contributed by atoms with Gasteiger partial charge in [-0.3, -0.25) is 9.69 Å². The molecule has 1 aromatic carbocycles. The average molecular weight is 273 g/mol. The summed E-state index contributed by atoms with van der Waals surface area (Å²) in [7, 11) is 0. The third kappa shape index (κ3) is 4.34. The number of nitriles is 1. The monoisotopic (exact) mass is 273 g/mol. The third-order valence-electron chi connectivity index (χ3n) is 3.23. The van der Waals surface area contributed by atoms with Gasteiger partial charge < -0.3 is 10.1 Å². The summed E-state index contributed by atoms with van der Waals surface area (Å²) in [5.41, 5.74) is 2.28. The second kappa shape index (κ2) is 7.04. The Balaban J connectivity index is 1.77. The summed E-state index contributed by atoms with van der Waals surface area (Å²) in [5, 5.41) is 11.7. The molecule has 5 heteroatoms. The normalized spacial score (nSPS) is 19.3. The molecule has 5 nitrogen and oxygen atoms in total. The maximum Gasteiger partial charge on any atom is 0.234 e. The average Bonchev–Trinajstić information content (AvgIpc) is 2.45. The van der Waals surface area contributed by atoms with E-state index in [0.29, 0.717) is 32.8 Å². The highest BCUT2D eigenvalue weighted by molar-refractivity contribution is 5.78. The van der Waals surface area contributed by atoms with Crippen LogP contribution >= 0.6 is 0 Å². The molecular formula is C15H19N3O2. The van der Waals surface area contributed by atoms with E-state index < -0.39 is 6.10 Å². The molecule has 0 aliphatic carbocycles. The number of hydrogen-bond acceptors (Lipinski definition) is 4. The predicted octanol–water partition coefficient (Wildman–Crippen LogP) is 0.836. The molecule has 1 fully saturated rings. The zero-order valence-corrected chi connectivity index (χ0v) is 11.6. The van der Waals surface area contributed by atoms with Crippen LogP contribution in [0.1, 0.15) is 11.1 Å². The van der Waals surface area contributed by atoms with Gasteiger partial charge in [0.2, 0.25) is 5.91 Å². The molecule has 0 saturated carbocycles. The highest BCUT2D eigenvalue weighted by Gasteiger charge is 2.21. The molecule has 1 aliphatic rings. The molecule has 2 rings (SSSR count). The standard InChI is InChI=1S/C15H19N3O2/c1-12-3-2-4-13(7-12)9-17-15(19)11-18-5-6-20-14(8-16)10-18/h2-4,7,14H,5-6,9-11H2,1H3,(H,17,19)/t14-/m0/s1. The van der Waals surface area contributed by atoms with Crippen LogP contribution < -0.4 is 5.32 Å². The fourth-order valence-corrected chi connectivity index (χ4v) is 2.21. The van der Waals surface area contributed by atoms with Crippen molar-refractivity contribution in [3.63, 3.8) is 0 Å². The lowest BCUT2D eigenvalue weighted by atomic mass is 10.1. The number of aryl methyl sites for hydroxylation is 1. The maximum absolute atomic E-state index is 11.9. The van der Waals surface area contributed by atoms with Crippen LogP contribution in [0.15, 0.2) is 24.3 Å². The van der Waals surface area contributed by atoms with Gasteiger partial charge in [-0.15, -0.1) is 0 Å². The van der Waals surface area contributed by atoms with Crippen molar-refractivity contribution in [3.8, 4) is 6.07 Å². The Bertz CT molecular complexity index is 510. The quantitative estimate of drug-likeness (QED) is 0.882. The minimum absolute atomic E-state index is 0.0231. The number of rotatable bonds is 4. The van der Waals surface area contributed by atoms with Gasteiger partial charge in [0.25, 0.3) is 0 Å². The summed E-state index contributed by atoms with van der Waals surface area (Å²) in [4.78, 5) is 13.8. The minimum Gasteiger partial charge on any atom is -0.361 e. The SMILES string of the molecule is Cc1cccc(CNC(=O)CN2CCO[C@@H](C#N)C2)c1. The Morgan fingerprint density at radius 2 is 2.45 bits per heavy atom. The predicted molar refractivity (Wildman–Crippen MR) is 74.8 cm³/mol. The van der Waals surface area contributed by atoms with Gasteiger partial charge in [-0.2, -0.15) is 5.26 Å². The first kappa shape index (κ1) is 14.5. The molecule has 0 aromatic heterocycles. The molecule has 106 valence electrons. The third-order valence-corrected chi connectivity index (χ3v) is 3.23. The molecule has 1 heterocycles. The van der Waals surface area contributed by atoms with Crippen molar-refractivity contribution in [2.45, 2.75) is 19.6 Å². The Labute approximate surface area is 119 Å². The van der Waals surface area contributed by atoms with Crippen LogP contribution in [0.25, 0.3) is 0 Å². The van der Waals surface area contributed by atoms with Crippen molar-refractivity contribution in [1.29, 1.82) is 5.26 Å². The lowest BCUT2D eigenvalue weighted by molar-refractivity contribution is -0.123. The Kier molecular flexibility index (Phi) is 5.10. The first-order valence-corrected chi connectivity index (χ1v) is 6.73. The van der Waals surface area contributed by atoms with E-state index in [1.807, 2.05) is 30.0 Å². The number of morpholine rings is 1. The summed E-state index contributed by atoms with van der Waals surface area (Å²) < 4.78 is 5.25. The smallest absolute Gasteiger partial charge is 0.234 e. The number of benzene rings is 1. The van der Waals surface area contributed by atoms with Crippen molar-refractivity contribution < 1.29 is 9.53 Å². The van der Waals surface area contributed by atoms with E-state index in [4.69, 9.17) is 10.00 Å². The lowest BCUT2D eigenvalue weighted by Gasteiger charge is -2.28. The van der Waals surface area contributed by atoms with Crippen molar-refractivity contribution in [1.82, 2.24) is 10.2 Å². The van der Waals surface area contributed by atoms with Crippen molar-refractivity contribution in [2.24, 2.45) is 0 Å². The number of ether oxygens (including phenoxy) is 1. The summed E-state index contributed by atoms with van der Waals surface area (Å²) in [6, 6.07) is 10.1. The van der Waals surface area contributed by atoms with Crippen LogP contribution in [0.2, 0.25) is 0 Å². The fraction of sp³-hybridized carbons (Fsp3) is 0.467. The van der Waals surface area contributed by atoms with Crippen LogP contribution in [0, 0.1) is 18.3 Å². The van der Waals surface area contributed by atoms with Crippen LogP contribution in [0.3, 0.4) is 0 Å². The van der Waals surface area contributed by atoms with Crippen LogP contribution in [0.5, 0.6) is 0 Å². The van der Waals surface area contributed by atoms with Crippen molar-refractivity contribution >= 4 is 5.91 Å². The highest BCUT2D eigenvalue weighted by Crippen LogP contribution is 2.05. The topological polar surface area (TPSA) is 65.4 Å². The van der Waals surface area contributed by atoms with E-state index >= 15 is 0 Å². The van der Waals surface area contributed by atoms with E-state index in [1.165, 1.54) is 5.56 Å². The Morgan fingerprint density at radius 1 is 1.60 bits per heavy atom. The minimum atomic E-state index is -0.423. The second-order valence-electron chi connectivity index (χ2n) is 4.99. The van der Waals surface area contributed by atoms with Gasteiger partial charge in [0.05, 0.1) is 19.2 Å². The zero-order chi connectivity index (χ0) is 14.4.